The summed E-state index contributed by atoms with van der Waals surface area (Å²) in [6, 6.07) is 26.9. The van der Waals surface area contributed by atoms with Gasteiger partial charge in [0.2, 0.25) is 0 Å². The van der Waals surface area contributed by atoms with Crippen LogP contribution in [0.4, 0.5) is 0 Å². The van der Waals surface area contributed by atoms with E-state index < -0.39 is 12.2 Å². The number of pyridine rings is 1. The molecule has 0 radical (unpaired) electrons. The van der Waals surface area contributed by atoms with Crippen LogP contribution in [-0.4, -0.2) is 22.8 Å². The molecule has 4 aromatic rings. The fourth-order valence-corrected chi connectivity index (χ4v) is 3.56. The van der Waals surface area contributed by atoms with E-state index in [1.165, 1.54) is 0 Å². The van der Waals surface area contributed by atoms with Gasteiger partial charge in [-0.25, -0.2) is 4.98 Å². The zero-order valence-electron chi connectivity index (χ0n) is 16.3. The van der Waals surface area contributed by atoms with E-state index in [-0.39, 0.29) is 6.61 Å². The zero-order valence-corrected chi connectivity index (χ0v) is 16.3. The minimum Gasteiger partial charge on any atom is -0.489 e. The standard InChI is InChI=1S/C25H21NO4/c27-25-21-14-20(28-15-18-11-10-17-6-4-5-9-22(17)26-18)12-13-23(21)29-16-24(25)30-19-7-2-1-3-8-19/h1-14,24-25,27H,15-16H2/t24-,25+/m0/s1. The van der Waals surface area contributed by atoms with Gasteiger partial charge in [0, 0.05) is 10.9 Å². The molecule has 5 nitrogen and oxygen atoms in total. The Bertz CT molecular complexity index is 1160. The molecule has 0 saturated carbocycles. The van der Waals surface area contributed by atoms with Gasteiger partial charge in [-0.1, -0.05) is 42.5 Å². The second kappa shape index (κ2) is 8.05. The van der Waals surface area contributed by atoms with Gasteiger partial charge in [-0.2, -0.15) is 0 Å². The number of fused-ring (bicyclic) bond motifs is 2. The van der Waals surface area contributed by atoms with E-state index in [0.29, 0.717) is 29.4 Å². The second-order valence-corrected chi connectivity index (χ2v) is 7.21. The maximum atomic E-state index is 10.8. The summed E-state index contributed by atoms with van der Waals surface area (Å²) in [7, 11) is 0. The second-order valence-electron chi connectivity index (χ2n) is 7.21. The van der Waals surface area contributed by atoms with Crippen molar-refractivity contribution in [3.05, 3.63) is 96.2 Å². The van der Waals surface area contributed by atoms with Crippen molar-refractivity contribution in [3.63, 3.8) is 0 Å². The average molecular weight is 399 g/mol. The van der Waals surface area contributed by atoms with Gasteiger partial charge in [-0.05, 0) is 42.5 Å². The van der Waals surface area contributed by atoms with Gasteiger partial charge in [-0.3, -0.25) is 0 Å². The van der Waals surface area contributed by atoms with Crippen LogP contribution in [0.1, 0.15) is 17.4 Å². The predicted molar refractivity (Wildman–Crippen MR) is 114 cm³/mol. The number of aromatic nitrogens is 1. The van der Waals surface area contributed by atoms with Crippen LogP contribution in [-0.2, 0) is 6.61 Å². The Balaban J connectivity index is 1.30. The van der Waals surface area contributed by atoms with Crippen molar-refractivity contribution in [2.24, 2.45) is 0 Å². The Morgan fingerprint density at radius 1 is 0.900 bits per heavy atom. The number of aliphatic hydroxyl groups excluding tert-OH is 1. The van der Waals surface area contributed by atoms with Gasteiger partial charge in [0.15, 0.2) is 6.10 Å². The van der Waals surface area contributed by atoms with Gasteiger partial charge in [0.1, 0.15) is 36.6 Å². The maximum Gasteiger partial charge on any atom is 0.163 e. The summed E-state index contributed by atoms with van der Waals surface area (Å²) in [5.41, 5.74) is 2.44. The van der Waals surface area contributed by atoms with Crippen LogP contribution in [0.15, 0.2) is 84.9 Å². The van der Waals surface area contributed by atoms with Gasteiger partial charge < -0.3 is 19.3 Å². The molecule has 0 amide bonds. The zero-order chi connectivity index (χ0) is 20.3. The van der Waals surface area contributed by atoms with Gasteiger partial charge in [0.05, 0.1) is 11.2 Å². The molecular weight excluding hydrogens is 378 g/mol. The van der Waals surface area contributed by atoms with Crippen molar-refractivity contribution in [2.45, 2.75) is 18.8 Å². The Morgan fingerprint density at radius 3 is 2.63 bits per heavy atom. The van der Waals surface area contributed by atoms with Crippen LogP contribution in [0, 0.1) is 0 Å². The molecular formula is C25H21NO4. The molecule has 30 heavy (non-hydrogen) atoms. The Morgan fingerprint density at radius 2 is 1.73 bits per heavy atom. The summed E-state index contributed by atoms with van der Waals surface area (Å²) in [5, 5.41) is 11.9. The van der Waals surface area contributed by atoms with E-state index >= 15 is 0 Å². The first-order valence-corrected chi connectivity index (χ1v) is 9.90. The highest BCUT2D eigenvalue weighted by Crippen LogP contribution is 2.36. The Hall–Kier alpha value is -3.57. The van der Waals surface area contributed by atoms with E-state index in [2.05, 4.69) is 4.98 Å². The molecule has 150 valence electrons. The van der Waals surface area contributed by atoms with Crippen LogP contribution in [0.25, 0.3) is 10.9 Å². The van der Waals surface area contributed by atoms with Crippen molar-refractivity contribution >= 4 is 10.9 Å². The largest absolute Gasteiger partial charge is 0.489 e. The van der Waals surface area contributed by atoms with Crippen molar-refractivity contribution in [1.29, 1.82) is 0 Å². The summed E-state index contributed by atoms with van der Waals surface area (Å²) >= 11 is 0. The average Bonchev–Trinajstić information content (AvgIpc) is 2.80. The lowest BCUT2D eigenvalue weighted by Gasteiger charge is -2.30. The van der Waals surface area contributed by atoms with Crippen LogP contribution < -0.4 is 14.2 Å². The van der Waals surface area contributed by atoms with Gasteiger partial charge >= 0.3 is 0 Å². The molecule has 1 aromatic heterocycles. The van der Waals surface area contributed by atoms with Crippen LogP contribution in [0.2, 0.25) is 0 Å². The molecule has 1 aliphatic heterocycles. The highest BCUT2D eigenvalue weighted by Gasteiger charge is 2.31. The predicted octanol–water partition coefficient (Wildman–Crippen LogP) is 4.69. The van der Waals surface area contributed by atoms with E-state index in [1.54, 1.807) is 0 Å². The third-order valence-electron chi connectivity index (χ3n) is 5.13. The molecule has 0 saturated heterocycles. The van der Waals surface area contributed by atoms with Crippen LogP contribution in [0.3, 0.4) is 0 Å². The smallest absolute Gasteiger partial charge is 0.163 e. The highest BCUT2D eigenvalue weighted by molar-refractivity contribution is 5.78. The molecule has 1 N–H and O–H groups in total. The monoisotopic (exact) mass is 399 g/mol. The normalized spacial score (nSPS) is 17.8. The van der Waals surface area contributed by atoms with Crippen molar-refractivity contribution in [1.82, 2.24) is 4.98 Å². The molecule has 1 aliphatic rings. The molecule has 0 bridgehead atoms. The summed E-state index contributed by atoms with van der Waals surface area (Å²) < 4.78 is 17.6. The summed E-state index contributed by atoms with van der Waals surface area (Å²) in [6.45, 7) is 0.620. The third kappa shape index (κ3) is 3.80. The number of benzene rings is 3. The first kappa shape index (κ1) is 18.5. The lowest BCUT2D eigenvalue weighted by atomic mass is 10.0. The van der Waals surface area contributed by atoms with Crippen molar-refractivity contribution in [3.8, 4) is 17.2 Å². The molecule has 5 heteroatoms. The molecule has 2 atom stereocenters. The minimum atomic E-state index is -0.809. The van der Waals surface area contributed by atoms with E-state index in [1.807, 2.05) is 84.9 Å². The lowest BCUT2D eigenvalue weighted by Crippen LogP contribution is -2.35. The first-order chi connectivity index (χ1) is 14.8. The van der Waals surface area contributed by atoms with Gasteiger partial charge in [0.25, 0.3) is 0 Å². The number of rotatable bonds is 5. The van der Waals surface area contributed by atoms with Crippen molar-refractivity contribution < 1.29 is 19.3 Å². The Kier molecular flexibility index (Phi) is 4.95. The topological polar surface area (TPSA) is 60.8 Å². The summed E-state index contributed by atoms with van der Waals surface area (Å²) in [4.78, 5) is 4.63. The fraction of sp³-hybridized carbons (Fsp3) is 0.160. The summed E-state index contributed by atoms with van der Waals surface area (Å²) in [6.07, 6.45) is -1.30. The molecule has 5 rings (SSSR count). The first-order valence-electron chi connectivity index (χ1n) is 9.90. The van der Waals surface area contributed by atoms with E-state index in [0.717, 1.165) is 16.6 Å². The number of hydrogen-bond acceptors (Lipinski definition) is 5. The molecule has 0 spiro atoms. The third-order valence-corrected chi connectivity index (χ3v) is 5.13. The van der Waals surface area contributed by atoms with Crippen molar-refractivity contribution in [2.75, 3.05) is 6.61 Å². The fourth-order valence-electron chi connectivity index (χ4n) is 3.56. The summed E-state index contributed by atoms with van der Waals surface area (Å²) in [5.74, 6) is 1.99. The molecule has 2 heterocycles. The van der Waals surface area contributed by atoms with E-state index in [9.17, 15) is 5.11 Å². The number of nitrogens with zero attached hydrogens (tertiary/aromatic N) is 1. The van der Waals surface area contributed by atoms with E-state index in [4.69, 9.17) is 14.2 Å². The SMILES string of the molecule is O[C@@H]1c2cc(OCc3ccc4ccccc4n3)ccc2OC[C@@H]1Oc1ccccc1. The maximum absolute atomic E-state index is 10.8. The molecule has 0 unspecified atom stereocenters. The number of para-hydroxylation sites is 2. The number of hydrogen-bond donors (Lipinski definition) is 1. The lowest BCUT2D eigenvalue weighted by molar-refractivity contribution is -0.0104. The molecule has 0 fully saturated rings. The number of aliphatic hydroxyl groups is 1. The van der Waals surface area contributed by atoms with Crippen LogP contribution >= 0.6 is 0 Å². The molecule has 0 aliphatic carbocycles. The Labute approximate surface area is 174 Å². The van der Waals surface area contributed by atoms with Crippen LogP contribution in [0.5, 0.6) is 17.2 Å². The quantitative estimate of drug-likeness (QED) is 0.528. The van der Waals surface area contributed by atoms with Gasteiger partial charge in [-0.15, -0.1) is 0 Å². The minimum absolute atomic E-state index is 0.282. The number of ether oxygens (including phenoxy) is 3. The highest BCUT2D eigenvalue weighted by atomic mass is 16.5. The molecule has 3 aromatic carbocycles.